The second kappa shape index (κ2) is 1.82. The second-order valence-corrected chi connectivity index (χ2v) is 1.64. The molecule has 0 spiro atoms. The van der Waals surface area contributed by atoms with E-state index in [1.165, 1.54) is 5.32 Å². The molecule has 1 aliphatic rings. The number of carbonyl (C=O) groups is 1. The third-order valence-electron chi connectivity index (χ3n) is 0.830. The van der Waals surface area contributed by atoms with Crippen molar-refractivity contribution in [2.24, 2.45) is 0 Å². The van der Waals surface area contributed by atoms with Gasteiger partial charge in [0.05, 0.1) is 15.8 Å². The average molecular weight is 138 g/mol. The highest BCUT2D eigenvalue weighted by Crippen LogP contribution is 2.11. The van der Waals surface area contributed by atoms with E-state index in [-0.39, 0.29) is 0 Å². The molecule has 5 heteroatoms. The van der Waals surface area contributed by atoms with Crippen molar-refractivity contribution >= 4 is 6.03 Å². The lowest BCUT2D eigenvalue weighted by Crippen LogP contribution is -2.54. The zero-order valence-electron chi connectivity index (χ0n) is 6.37. The second-order valence-electron chi connectivity index (χ2n) is 1.64. The summed E-state index contributed by atoms with van der Waals surface area (Å²) in [6.07, 6.45) is 0. The van der Waals surface area contributed by atoms with E-state index in [0.717, 1.165) is 0 Å². The predicted molar refractivity (Wildman–Crippen MR) is 26.3 cm³/mol. The Morgan fingerprint density at radius 1 is 1.67 bits per heavy atom. The number of hydrogen-bond acceptors (Lipinski definition) is 1. The van der Waals surface area contributed by atoms with Gasteiger partial charge in [0.2, 0.25) is 0 Å². The van der Waals surface area contributed by atoms with Crippen molar-refractivity contribution in [1.29, 1.82) is 0 Å². The van der Waals surface area contributed by atoms with Gasteiger partial charge >= 0.3 is 6.03 Å². The Bertz CT molecular complexity index is 197. The summed E-state index contributed by atoms with van der Waals surface area (Å²) in [7, 11) is 0. The molecule has 1 rings (SSSR count). The topological polar surface area (TPSA) is 41.1 Å². The van der Waals surface area contributed by atoms with E-state index in [4.69, 9.17) is 2.74 Å². The molecule has 9 heavy (non-hydrogen) atoms. The van der Waals surface area contributed by atoms with Gasteiger partial charge < -0.3 is 10.6 Å². The first-order valence-electron chi connectivity index (χ1n) is 3.29. The van der Waals surface area contributed by atoms with E-state index in [9.17, 15) is 13.6 Å². The molecule has 0 saturated carbocycles. The van der Waals surface area contributed by atoms with E-state index in [1.54, 1.807) is 5.32 Å². The molecule has 1 saturated heterocycles. The first-order valence-corrected chi connectivity index (χ1v) is 2.29. The molecule has 3 nitrogen and oxygen atoms in total. The van der Waals surface area contributed by atoms with Crippen molar-refractivity contribution in [2.45, 2.75) is 5.92 Å². The monoisotopic (exact) mass is 138 g/mol. The van der Waals surface area contributed by atoms with Crippen LogP contribution in [0.15, 0.2) is 0 Å². The van der Waals surface area contributed by atoms with Crippen LogP contribution in [0, 0.1) is 0 Å². The Labute approximate surface area is 53.2 Å². The van der Waals surface area contributed by atoms with Crippen LogP contribution in [0.25, 0.3) is 0 Å². The third kappa shape index (κ3) is 1.51. The highest BCUT2D eigenvalue weighted by Gasteiger charge is 2.33. The van der Waals surface area contributed by atoms with E-state index in [2.05, 4.69) is 0 Å². The molecule has 2 N–H and O–H groups in total. The number of amides is 2. The molecule has 52 valence electrons. The summed E-state index contributed by atoms with van der Waals surface area (Å²) >= 11 is 0. The zero-order chi connectivity index (χ0) is 8.70. The number of hydrogen-bond donors (Lipinski definition) is 2. The number of carbonyl (C=O) groups excluding carboxylic acids is 1. The summed E-state index contributed by atoms with van der Waals surface area (Å²) in [5.74, 6) is -3.55. The van der Waals surface area contributed by atoms with Crippen LogP contribution in [0.3, 0.4) is 0 Å². The average Bonchev–Trinajstić information content (AvgIpc) is 1.80. The predicted octanol–water partition coefficient (Wildman–Crippen LogP) is -0.0655. The Morgan fingerprint density at radius 3 is 2.78 bits per heavy atom. The fourth-order valence-electron chi connectivity index (χ4n) is 0.428. The van der Waals surface area contributed by atoms with Gasteiger partial charge in [0, 0.05) is 0 Å². The van der Waals surface area contributed by atoms with Crippen molar-refractivity contribution < 1.29 is 16.3 Å². The SMILES string of the molecule is [2H]C1([2H])NC(=O)NCC1(F)F. The molecular formula is C4H6F2N2O. The first kappa shape index (κ1) is 4.03. The fraction of sp³-hybridized carbons (Fsp3) is 0.750. The van der Waals surface area contributed by atoms with E-state index < -0.39 is 25.0 Å². The minimum absolute atomic E-state index is 0.916. The number of halogens is 2. The lowest BCUT2D eigenvalue weighted by atomic mass is 10.3. The number of urea groups is 1. The van der Waals surface area contributed by atoms with E-state index >= 15 is 0 Å². The van der Waals surface area contributed by atoms with Gasteiger partial charge in [-0.1, -0.05) is 0 Å². The molecule has 0 aliphatic carbocycles. The van der Waals surface area contributed by atoms with Crippen LogP contribution in [0.5, 0.6) is 0 Å². The molecule has 0 atom stereocenters. The van der Waals surface area contributed by atoms with Crippen LogP contribution in [-0.2, 0) is 0 Å². The fourth-order valence-corrected chi connectivity index (χ4v) is 0.428. The largest absolute Gasteiger partial charge is 0.332 e. The van der Waals surface area contributed by atoms with Crippen molar-refractivity contribution in [3.63, 3.8) is 0 Å². The number of alkyl halides is 2. The van der Waals surface area contributed by atoms with Gasteiger partial charge in [-0.05, 0) is 0 Å². The van der Waals surface area contributed by atoms with Crippen molar-refractivity contribution in [3.8, 4) is 0 Å². The van der Waals surface area contributed by atoms with Gasteiger partial charge in [0.15, 0.2) is 0 Å². The van der Waals surface area contributed by atoms with E-state index in [1.807, 2.05) is 0 Å². The lowest BCUT2D eigenvalue weighted by molar-refractivity contribution is -0.00118. The Hall–Kier alpha value is -0.870. The molecule has 0 aromatic rings. The summed E-state index contributed by atoms with van der Waals surface area (Å²) in [6, 6.07) is -0.916. The Kier molecular flexibility index (Phi) is 0.815. The van der Waals surface area contributed by atoms with Crippen LogP contribution < -0.4 is 10.6 Å². The minimum Gasteiger partial charge on any atom is -0.332 e. The number of rotatable bonds is 0. The van der Waals surface area contributed by atoms with Crippen molar-refractivity contribution in [2.75, 3.05) is 13.0 Å². The van der Waals surface area contributed by atoms with Gasteiger partial charge in [0.1, 0.15) is 0 Å². The van der Waals surface area contributed by atoms with Gasteiger partial charge in [-0.25, -0.2) is 13.6 Å². The summed E-state index contributed by atoms with van der Waals surface area (Å²) in [4.78, 5) is 10.4. The maximum atomic E-state index is 12.5. The maximum absolute atomic E-state index is 12.5. The van der Waals surface area contributed by atoms with E-state index in [0.29, 0.717) is 0 Å². The molecule has 2 amide bonds. The lowest BCUT2D eigenvalue weighted by Gasteiger charge is -2.22. The number of nitrogens with one attached hydrogen (secondary N) is 2. The summed E-state index contributed by atoms with van der Waals surface area (Å²) < 4.78 is 38.4. The first-order chi connectivity index (χ1) is 4.85. The van der Waals surface area contributed by atoms with Crippen molar-refractivity contribution in [3.05, 3.63) is 0 Å². The van der Waals surface area contributed by atoms with Gasteiger partial charge in [-0.3, -0.25) is 0 Å². The van der Waals surface area contributed by atoms with Crippen LogP contribution in [-0.4, -0.2) is 25.0 Å². The Morgan fingerprint density at radius 2 is 2.33 bits per heavy atom. The van der Waals surface area contributed by atoms with Crippen molar-refractivity contribution in [1.82, 2.24) is 10.6 Å². The molecule has 1 aliphatic heterocycles. The van der Waals surface area contributed by atoms with Crippen LogP contribution in [0.2, 0.25) is 0 Å². The quantitative estimate of drug-likeness (QED) is 0.483. The smallest absolute Gasteiger partial charge is 0.315 e. The minimum atomic E-state index is -3.55. The molecular weight excluding hydrogens is 130 g/mol. The molecule has 0 aromatic carbocycles. The normalized spacial score (nSPS) is 33.3. The molecule has 1 fully saturated rings. The highest BCUT2D eigenvalue weighted by atomic mass is 19.3. The van der Waals surface area contributed by atoms with Gasteiger partial charge in [-0.2, -0.15) is 0 Å². The summed E-state index contributed by atoms with van der Waals surface area (Å²) in [6.45, 7) is -3.92. The molecule has 0 radical (unpaired) electrons. The summed E-state index contributed by atoms with van der Waals surface area (Å²) in [5.41, 5.74) is 0. The zero-order valence-corrected chi connectivity index (χ0v) is 4.37. The van der Waals surface area contributed by atoms with Crippen LogP contribution >= 0.6 is 0 Å². The van der Waals surface area contributed by atoms with Crippen LogP contribution in [0.1, 0.15) is 2.74 Å². The molecule has 0 unspecified atom stereocenters. The third-order valence-corrected chi connectivity index (χ3v) is 0.830. The standard InChI is InChI=1S/C4H6F2N2O/c5-4(6)1-7-3(9)8-2-4/h1-2H2,(H2,7,8,9)/i1D2. The van der Waals surface area contributed by atoms with Crippen LogP contribution in [0.4, 0.5) is 13.6 Å². The Balaban J connectivity index is 2.80. The van der Waals surface area contributed by atoms with Gasteiger partial charge in [-0.15, -0.1) is 0 Å². The summed E-state index contributed by atoms with van der Waals surface area (Å²) in [5, 5.41) is 3.27. The molecule has 0 aromatic heterocycles. The highest BCUT2D eigenvalue weighted by molar-refractivity contribution is 5.74. The van der Waals surface area contributed by atoms with Gasteiger partial charge in [0.25, 0.3) is 5.92 Å². The molecule has 1 heterocycles. The maximum Gasteiger partial charge on any atom is 0.315 e. The molecule has 0 bridgehead atoms.